The zero-order chi connectivity index (χ0) is 18.8. The molecular formula is C21H15ClIN3O. The second-order valence-corrected chi connectivity index (χ2v) is 7.77. The fourth-order valence-corrected chi connectivity index (χ4v) is 3.49. The van der Waals surface area contributed by atoms with Crippen molar-refractivity contribution in [2.75, 3.05) is 10.2 Å². The van der Waals surface area contributed by atoms with Crippen LogP contribution in [0.15, 0.2) is 77.8 Å². The van der Waals surface area contributed by atoms with E-state index in [-0.39, 0.29) is 0 Å². The summed E-state index contributed by atoms with van der Waals surface area (Å²) in [5.41, 5.74) is 3.78. The fraction of sp³-hybridized carbons (Fsp3) is 0.0476. The average molecular weight is 488 g/mol. The lowest BCUT2D eigenvalue weighted by Crippen LogP contribution is -2.26. The third-order valence-electron chi connectivity index (χ3n) is 4.28. The van der Waals surface area contributed by atoms with E-state index in [2.05, 4.69) is 43.9 Å². The van der Waals surface area contributed by atoms with Gasteiger partial charge in [-0.1, -0.05) is 35.9 Å². The highest BCUT2D eigenvalue weighted by atomic mass is 127. The molecule has 0 bridgehead atoms. The van der Waals surface area contributed by atoms with Crippen LogP contribution in [0.4, 0.5) is 16.2 Å². The number of carbonyl (C=O) groups excluding carboxylic acids is 1. The average Bonchev–Trinajstić information content (AvgIpc) is 3.03. The summed E-state index contributed by atoms with van der Waals surface area (Å²) in [5, 5.41) is 3.41. The quantitative estimate of drug-likeness (QED) is 0.455. The van der Waals surface area contributed by atoms with Crippen molar-refractivity contribution < 1.29 is 4.79 Å². The Morgan fingerprint density at radius 1 is 1.00 bits per heavy atom. The van der Waals surface area contributed by atoms with Crippen LogP contribution in [0.5, 0.6) is 0 Å². The molecule has 4 rings (SSSR count). The smallest absolute Gasteiger partial charge is 0.321 e. The van der Waals surface area contributed by atoms with Crippen LogP contribution in [-0.4, -0.2) is 11.9 Å². The molecule has 3 aromatic rings. The van der Waals surface area contributed by atoms with Crippen LogP contribution in [0.25, 0.3) is 0 Å². The van der Waals surface area contributed by atoms with E-state index in [4.69, 9.17) is 11.6 Å². The van der Waals surface area contributed by atoms with Crippen molar-refractivity contribution in [3.8, 4) is 0 Å². The maximum Gasteiger partial charge on any atom is 0.347 e. The highest BCUT2D eigenvalue weighted by Crippen LogP contribution is 2.29. The van der Waals surface area contributed by atoms with Crippen LogP contribution in [0, 0.1) is 3.57 Å². The van der Waals surface area contributed by atoms with Gasteiger partial charge in [0.2, 0.25) is 0 Å². The maximum absolute atomic E-state index is 12.5. The number of halogens is 2. The predicted octanol–water partition coefficient (Wildman–Crippen LogP) is 5.94. The number of hydrogen-bond donors (Lipinski definition) is 1. The first-order chi connectivity index (χ1) is 13.1. The molecule has 1 N–H and O–H groups in total. The van der Waals surface area contributed by atoms with Crippen molar-refractivity contribution in [1.82, 2.24) is 0 Å². The third kappa shape index (κ3) is 3.99. The van der Waals surface area contributed by atoms with Gasteiger partial charge >= 0.3 is 6.03 Å². The number of nitrogens with zero attached hydrogens (tertiary/aromatic N) is 2. The number of benzene rings is 3. The number of amides is 2. The van der Waals surface area contributed by atoms with Crippen LogP contribution < -0.4 is 10.2 Å². The van der Waals surface area contributed by atoms with Crippen molar-refractivity contribution >= 4 is 57.4 Å². The van der Waals surface area contributed by atoms with Gasteiger partial charge in [-0.05, 0) is 76.7 Å². The van der Waals surface area contributed by atoms with Crippen molar-refractivity contribution in [2.45, 2.75) is 6.54 Å². The Balaban J connectivity index is 1.67. The predicted molar refractivity (Wildman–Crippen MR) is 119 cm³/mol. The van der Waals surface area contributed by atoms with Crippen LogP contribution in [-0.2, 0) is 6.54 Å². The Kier molecular flexibility index (Phi) is 5.13. The second kappa shape index (κ2) is 7.70. The monoisotopic (exact) mass is 487 g/mol. The minimum Gasteiger partial charge on any atom is -0.321 e. The number of rotatable bonds is 2. The van der Waals surface area contributed by atoms with E-state index in [1.165, 1.54) is 0 Å². The topological polar surface area (TPSA) is 44.7 Å². The molecule has 1 aliphatic rings. The number of urea groups is 1. The number of carbonyl (C=O) groups is 1. The lowest BCUT2D eigenvalue weighted by Gasteiger charge is -2.19. The Hall–Kier alpha value is -2.38. The number of amidine groups is 1. The molecule has 27 heavy (non-hydrogen) atoms. The molecule has 0 spiro atoms. The van der Waals surface area contributed by atoms with Crippen molar-refractivity contribution in [3.63, 3.8) is 0 Å². The molecule has 0 aliphatic carbocycles. The molecule has 0 fully saturated rings. The summed E-state index contributed by atoms with van der Waals surface area (Å²) < 4.78 is 1.16. The SMILES string of the molecule is O=C(/N=C1\c2ccccc2CN1c1ccc(I)cc1)Nc1ccc(Cl)cc1. The molecule has 0 aromatic heterocycles. The fourth-order valence-electron chi connectivity index (χ4n) is 3.00. The number of hydrogen-bond acceptors (Lipinski definition) is 1. The lowest BCUT2D eigenvalue weighted by molar-refractivity contribution is 0.259. The van der Waals surface area contributed by atoms with E-state index >= 15 is 0 Å². The van der Waals surface area contributed by atoms with E-state index in [0.29, 0.717) is 23.1 Å². The van der Waals surface area contributed by atoms with E-state index in [1.807, 2.05) is 42.5 Å². The first kappa shape index (κ1) is 18.0. The molecule has 134 valence electrons. The van der Waals surface area contributed by atoms with Gasteiger partial charge in [-0.15, -0.1) is 0 Å². The van der Waals surface area contributed by atoms with Crippen molar-refractivity contribution in [3.05, 3.63) is 92.5 Å². The van der Waals surface area contributed by atoms with Crippen molar-refractivity contribution in [1.29, 1.82) is 0 Å². The zero-order valence-corrected chi connectivity index (χ0v) is 17.1. The van der Waals surface area contributed by atoms with Gasteiger partial charge in [0, 0.05) is 25.5 Å². The van der Waals surface area contributed by atoms with Gasteiger partial charge in [-0.25, -0.2) is 4.79 Å². The summed E-state index contributed by atoms with van der Waals surface area (Å²) in [6.07, 6.45) is 0. The first-order valence-corrected chi connectivity index (χ1v) is 9.82. The molecule has 0 saturated heterocycles. The Morgan fingerprint density at radius 3 is 2.44 bits per heavy atom. The van der Waals surface area contributed by atoms with E-state index in [0.717, 1.165) is 20.4 Å². The first-order valence-electron chi connectivity index (χ1n) is 8.37. The molecular weight excluding hydrogens is 473 g/mol. The van der Waals surface area contributed by atoms with Gasteiger partial charge in [0.15, 0.2) is 0 Å². The largest absolute Gasteiger partial charge is 0.347 e. The van der Waals surface area contributed by atoms with E-state index in [9.17, 15) is 4.79 Å². The molecule has 1 aliphatic heterocycles. The molecule has 6 heteroatoms. The van der Waals surface area contributed by atoms with E-state index < -0.39 is 6.03 Å². The Labute approximate surface area is 176 Å². The molecule has 0 radical (unpaired) electrons. The summed E-state index contributed by atoms with van der Waals surface area (Å²) >= 11 is 8.17. The van der Waals surface area contributed by atoms with Crippen molar-refractivity contribution in [2.24, 2.45) is 4.99 Å². The molecule has 4 nitrogen and oxygen atoms in total. The summed E-state index contributed by atoms with van der Waals surface area (Å²) in [6.45, 7) is 0.684. The molecule has 1 heterocycles. The summed E-state index contributed by atoms with van der Waals surface area (Å²) in [6, 6.07) is 22.7. The second-order valence-electron chi connectivity index (χ2n) is 6.09. The molecule has 0 saturated carbocycles. The van der Waals surface area contributed by atoms with E-state index in [1.54, 1.807) is 24.3 Å². The van der Waals surface area contributed by atoms with Gasteiger partial charge in [0.1, 0.15) is 5.84 Å². The van der Waals surface area contributed by atoms with Gasteiger partial charge in [0.05, 0.1) is 6.54 Å². The third-order valence-corrected chi connectivity index (χ3v) is 5.25. The lowest BCUT2D eigenvalue weighted by atomic mass is 10.1. The number of aliphatic imine (C=N–C) groups is 1. The standard InChI is InChI=1S/C21H15ClIN3O/c22-15-5-9-17(10-6-15)24-21(27)25-20-19-4-2-1-3-14(19)13-26(20)18-11-7-16(23)8-12-18/h1-12H,13H2,(H,24,27)/b25-20+. The van der Waals surface area contributed by atoms with Crippen LogP contribution in [0.1, 0.15) is 11.1 Å². The van der Waals surface area contributed by atoms with Gasteiger partial charge in [0.25, 0.3) is 0 Å². The van der Waals surface area contributed by atoms with Crippen LogP contribution in [0.3, 0.4) is 0 Å². The number of anilines is 2. The van der Waals surface area contributed by atoms with Crippen LogP contribution >= 0.6 is 34.2 Å². The minimum absolute atomic E-state index is 0.417. The molecule has 0 unspecified atom stereocenters. The van der Waals surface area contributed by atoms with Gasteiger partial charge in [-0.3, -0.25) is 0 Å². The summed E-state index contributed by atoms with van der Waals surface area (Å²) in [7, 11) is 0. The minimum atomic E-state index is -0.417. The highest BCUT2D eigenvalue weighted by Gasteiger charge is 2.27. The normalized spacial score (nSPS) is 14.3. The van der Waals surface area contributed by atoms with Gasteiger partial charge in [-0.2, -0.15) is 4.99 Å². The molecule has 3 aromatic carbocycles. The maximum atomic E-state index is 12.5. The number of fused-ring (bicyclic) bond motifs is 1. The van der Waals surface area contributed by atoms with Gasteiger partial charge < -0.3 is 10.2 Å². The zero-order valence-electron chi connectivity index (χ0n) is 14.2. The Morgan fingerprint density at radius 2 is 1.70 bits per heavy atom. The molecule has 2 amide bonds. The summed E-state index contributed by atoms with van der Waals surface area (Å²) in [5.74, 6) is 0.651. The highest BCUT2D eigenvalue weighted by molar-refractivity contribution is 14.1. The summed E-state index contributed by atoms with van der Waals surface area (Å²) in [4.78, 5) is 19.0. The molecule has 0 atom stereocenters. The Bertz CT molecular complexity index is 1020. The van der Waals surface area contributed by atoms with Crippen LogP contribution in [0.2, 0.25) is 5.02 Å². The number of nitrogens with one attached hydrogen (secondary N) is 1.